The fourth-order valence-corrected chi connectivity index (χ4v) is 0.886. The lowest BCUT2D eigenvalue weighted by Gasteiger charge is -2.23. The SMILES string of the molecule is CC(C)N(CCN)CC(N)=O. The summed E-state index contributed by atoms with van der Waals surface area (Å²) in [6.45, 7) is 5.61. The van der Waals surface area contributed by atoms with Gasteiger partial charge in [-0.15, -0.1) is 0 Å². The maximum absolute atomic E-state index is 10.5. The number of amides is 1. The van der Waals surface area contributed by atoms with Gasteiger partial charge in [0.05, 0.1) is 6.54 Å². The van der Waals surface area contributed by atoms with Crippen LogP contribution < -0.4 is 11.5 Å². The third kappa shape index (κ3) is 4.75. The van der Waals surface area contributed by atoms with E-state index in [1.54, 1.807) is 0 Å². The second-order valence-electron chi connectivity index (χ2n) is 2.82. The van der Waals surface area contributed by atoms with Gasteiger partial charge >= 0.3 is 0 Å². The Morgan fingerprint density at radius 1 is 1.55 bits per heavy atom. The fourth-order valence-electron chi connectivity index (χ4n) is 0.886. The second kappa shape index (κ2) is 5.09. The molecule has 0 aliphatic heterocycles. The fraction of sp³-hybridized carbons (Fsp3) is 0.857. The van der Waals surface area contributed by atoms with E-state index in [0.717, 1.165) is 6.54 Å². The maximum Gasteiger partial charge on any atom is 0.231 e. The van der Waals surface area contributed by atoms with Crippen LogP contribution in [0.2, 0.25) is 0 Å². The molecule has 0 aromatic carbocycles. The minimum atomic E-state index is -0.299. The minimum absolute atomic E-state index is 0.299. The van der Waals surface area contributed by atoms with Crippen LogP contribution in [0.5, 0.6) is 0 Å². The third-order valence-corrected chi connectivity index (χ3v) is 1.51. The predicted molar refractivity (Wildman–Crippen MR) is 45.0 cm³/mol. The molecule has 0 aliphatic carbocycles. The van der Waals surface area contributed by atoms with E-state index < -0.39 is 0 Å². The number of carbonyl (C=O) groups excluding carboxylic acids is 1. The van der Waals surface area contributed by atoms with Gasteiger partial charge in [0.1, 0.15) is 0 Å². The van der Waals surface area contributed by atoms with Crippen molar-refractivity contribution in [3.05, 3.63) is 0 Å². The molecule has 0 heterocycles. The Bertz CT molecular complexity index is 125. The van der Waals surface area contributed by atoms with Crippen molar-refractivity contribution in [1.29, 1.82) is 0 Å². The molecule has 0 bridgehead atoms. The van der Waals surface area contributed by atoms with E-state index in [9.17, 15) is 4.79 Å². The highest BCUT2D eigenvalue weighted by molar-refractivity contribution is 5.75. The van der Waals surface area contributed by atoms with Crippen LogP contribution in [0.25, 0.3) is 0 Å². The van der Waals surface area contributed by atoms with E-state index in [2.05, 4.69) is 0 Å². The molecule has 4 nitrogen and oxygen atoms in total. The summed E-state index contributed by atoms with van der Waals surface area (Å²) in [5.74, 6) is -0.299. The van der Waals surface area contributed by atoms with Crippen molar-refractivity contribution in [2.75, 3.05) is 19.6 Å². The summed E-state index contributed by atoms with van der Waals surface area (Å²) in [6.07, 6.45) is 0. The lowest BCUT2D eigenvalue weighted by Crippen LogP contribution is -2.41. The Morgan fingerprint density at radius 2 is 2.09 bits per heavy atom. The van der Waals surface area contributed by atoms with E-state index in [-0.39, 0.29) is 5.91 Å². The number of nitrogens with zero attached hydrogens (tertiary/aromatic N) is 1. The van der Waals surface area contributed by atoms with Gasteiger partial charge in [-0.3, -0.25) is 9.69 Å². The highest BCUT2D eigenvalue weighted by Crippen LogP contribution is 1.94. The first kappa shape index (κ1) is 10.4. The Labute approximate surface area is 67.5 Å². The summed E-state index contributed by atoms with van der Waals surface area (Å²) in [7, 11) is 0. The van der Waals surface area contributed by atoms with Crippen LogP contribution in [0.1, 0.15) is 13.8 Å². The quantitative estimate of drug-likeness (QED) is 0.548. The summed E-state index contributed by atoms with van der Waals surface area (Å²) >= 11 is 0. The second-order valence-corrected chi connectivity index (χ2v) is 2.82. The molecule has 0 atom stereocenters. The molecule has 4 N–H and O–H groups in total. The molecule has 0 unspecified atom stereocenters. The van der Waals surface area contributed by atoms with Crippen molar-refractivity contribution >= 4 is 5.91 Å². The van der Waals surface area contributed by atoms with E-state index in [4.69, 9.17) is 11.5 Å². The Balaban J connectivity index is 3.79. The van der Waals surface area contributed by atoms with Crippen molar-refractivity contribution in [2.45, 2.75) is 19.9 Å². The highest BCUT2D eigenvalue weighted by Gasteiger charge is 2.09. The zero-order valence-electron chi connectivity index (χ0n) is 7.21. The molecule has 0 radical (unpaired) electrons. The number of hydrogen-bond donors (Lipinski definition) is 2. The Hall–Kier alpha value is -0.610. The maximum atomic E-state index is 10.5. The van der Waals surface area contributed by atoms with E-state index >= 15 is 0 Å². The lowest BCUT2D eigenvalue weighted by atomic mass is 10.3. The van der Waals surface area contributed by atoms with Crippen LogP contribution in [0.15, 0.2) is 0 Å². The first-order valence-electron chi connectivity index (χ1n) is 3.80. The zero-order chi connectivity index (χ0) is 8.85. The molecule has 1 amide bonds. The molecule has 11 heavy (non-hydrogen) atoms. The van der Waals surface area contributed by atoms with Crippen LogP contribution in [0.3, 0.4) is 0 Å². The summed E-state index contributed by atoms with van der Waals surface area (Å²) in [5, 5.41) is 0. The molecule has 0 saturated heterocycles. The van der Waals surface area contributed by atoms with Crippen molar-refractivity contribution in [2.24, 2.45) is 11.5 Å². The molecule has 0 aliphatic rings. The van der Waals surface area contributed by atoms with Gasteiger partial charge in [-0.25, -0.2) is 0 Å². The molecule has 0 aromatic rings. The van der Waals surface area contributed by atoms with Gasteiger partial charge in [0.25, 0.3) is 0 Å². The molecule has 0 fully saturated rings. The van der Waals surface area contributed by atoms with Crippen molar-refractivity contribution in [1.82, 2.24) is 4.90 Å². The van der Waals surface area contributed by atoms with Crippen LogP contribution in [0.4, 0.5) is 0 Å². The molecule has 66 valence electrons. The van der Waals surface area contributed by atoms with Gasteiger partial charge in [0.2, 0.25) is 5.91 Å². The average Bonchev–Trinajstić information content (AvgIpc) is 1.86. The van der Waals surface area contributed by atoms with Crippen LogP contribution in [0, 0.1) is 0 Å². The number of hydrogen-bond acceptors (Lipinski definition) is 3. The Kier molecular flexibility index (Phi) is 4.81. The monoisotopic (exact) mass is 159 g/mol. The minimum Gasteiger partial charge on any atom is -0.369 e. The summed E-state index contributed by atoms with van der Waals surface area (Å²) in [4.78, 5) is 12.5. The molecular formula is C7H17N3O. The number of nitrogens with two attached hydrogens (primary N) is 2. The predicted octanol–water partition coefficient (Wildman–Crippen LogP) is -0.859. The van der Waals surface area contributed by atoms with Crippen molar-refractivity contribution in [3.8, 4) is 0 Å². The van der Waals surface area contributed by atoms with Gasteiger partial charge in [-0.1, -0.05) is 0 Å². The number of carbonyl (C=O) groups is 1. The number of rotatable bonds is 5. The molecular weight excluding hydrogens is 142 g/mol. The summed E-state index contributed by atoms with van der Waals surface area (Å²) < 4.78 is 0. The van der Waals surface area contributed by atoms with Gasteiger partial charge in [0.15, 0.2) is 0 Å². The average molecular weight is 159 g/mol. The van der Waals surface area contributed by atoms with Crippen molar-refractivity contribution < 1.29 is 4.79 Å². The molecule has 0 rings (SSSR count). The molecule has 0 saturated carbocycles. The first-order chi connectivity index (χ1) is 5.07. The summed E-state index contributed by atoms with van der Waals surface area (Å²) in [5.41, 5.74) is 10.4. The molecule has 0 spiro atoms. The van der Waals surface area contributed by atoms with Crippen LogP contribution in [-0.2, 0) is 4.79 Å². The Morgan fingerprint density at radius 3 is 2.36 bits per heavy atom. The van der Waals surface area contributed by atoms with E-state index in [0.29, 0.717) is 19.1 Å². The number of primary amides is 1. The smallest absolute Gasteiger partial charge is 0.231 e. The van der Waals surface area contributed by atoms with Crippen molar-refractivity contribution in [3.63, 3.8) is 0 Å². The zero-order valence-corrected chi connectivity index (χ0v) is 7.21. The largest absolute Gasteiger partial charge is 0.369 e. The molecule has 0 aromatic heterocycles. The van der Waals surface area contributed by atoms with Gasteiger partial charge in [-0.05, 0) is 13.8 Å². The standard InChI is InChI=1S/C7H17N3O/c1-6(2)10(4-3-8)5-7(9)11/h6H,3-5,8H2,1-2H3,(H2,9,11). The first-order valence-corrected chi connectivity index (χ1v) is 3.80. The van der Waals surface area contributed by atoms with E-state index in [1.807, 2.05) is 18.7 Å². The third-order valence-electron chi connectivity index (χ3n) is 1.51. The normalized spacial score (nSPS) is 11.0. The van der Waals surface area contributed by atoms with Gasteiger partial charge in [0, 0.05) is 19.1 Å². The summed E-state index contributed by atoms with van der Waals surface area (Å²) in [6, 6.07) is 0.325. The van der Waals surface area contributed by atoms with Crippen LogP contribution >= 0.6 is 0 Å². The lowest BCUT2D eigenvalue weighted by molar-refractivity contribution is -0.119. The highest BCUT2D eigenvalue weighted by atomic mass is 16.1. The van der Waals surface area contributed by atoms with Crippen LogP contribution in [-0.4, -0.2) is 36.5 Å². The van der Waals surface area contributed by atoms with Gasteiger partial charge in [-0.2, -0.15) is 0 Å². The topological polar surface area (TPSA) is 72.3 Å². The van der Waals surface area contributed by atoms with Gasteiger partial charge < -0.3 is 11.5 Å². The van der Waals surface area contributed by atoms with E-state index in [1.165, 1.54) is 0 Å². The molecule has 4 heteroatoms.